The maximum atomic E-state index is 12.3. The van der Waals surface area contributed by atoms with Crippen molar-refractivity contribution in [3.8, 4) is 0 Å². The van der Waals surface area contributed by atoms with Crippen LogP contribution in [-0.4, -0.2) is 47.1 Å². The first-order valence-electron chi connectivity index (χ1n) is 8.38. The molecule has 1 heterocycles. The van der Waals surface area contributed by atoms with Crippen LogP contribution in [-0.2, 0) is 9.59 Å². The molecule has 120 valence electrons. The van der Waals surface area contributed by atoms with Gasteiger partial charge in [0.2, 0.25) is 11.8 Å². The third-order valence-corrected chi connectivity index (χ3v) is 4.85. The van der Waals surface area contributed by atoms with Crippen LogP contribution in [0, 0.1) is 5.92 Å². The van der Waals surface area contributed by atoms with Crippen LogP contribution >= 0.6 is 0 Å². The summed E-state index contributed by atoms with van der Waals surface area (Å²) >= 11 is 0. The number of hydrogen-bond donors (Lipinski definition) is 2. The molecule has 1 saturated carbocycles. The Kier molecular flexibility index (Phi) is 6.03. The number of rotatable bonds is 6. The van der Waals surface area contributed by atoms with Gasteiger partial charge in [0.05, 0.1) is 6.10 Å². The average Bonchev–Trinajstić information content (AvgIpc) is 2.92. The summed E-state index contributed by atoms with van der Waals surface area (Å²) < 4.78 is 0. The van der Waals surface area contributed by atoms with E-state index in [0.717, 1.165) is 19.3 Å². The third kappa shape index (κ3) is 4.19. The maximum Gasteiger partial charge on any atom is 0.242 e. The number of carbonyl (C=O) groups is 2. The quantitative estimate of drug-likeness (QED) is 0.779. The van der Waals surface area contributed by atoms with Gasteiger partial charge in [-0.1, -0.05) is 26.2 Å². The van der Waals surface area contributed by atoms with E-state index in [4.69, 9.17) is 0 Å². The summed E-state index contributed by atoms with van der Waals surface area (Å²) in [6.45, 7) is 2.91. The second-order valence-electron chi connectivity index (χ2n) is 6.33. The van der Waals surface area contributed by atoms with Crippen LogP contribution in [0.5, 0.6) is 0 Å². The summed E-state index contributed by atoms with van der Waals surface area (Å²) in [6.07, 6.45) is 7.27. The second kappa shape index (κ2) is 7.78. The van der Waals surface area contributed by atoms with E-state index in [-0.39, 0.29) is 17.9 Å². The van der Waals surface area contributed by atoms with E-state index in [1.165, 1.54) is 19.3 Å². The summed E-state index contributed by atoms with van der Waals surface area (Å²) in [7, 11) is 0. The highest BCUT2D eigenvalue weighted by Crippen LogP contribution is 2.26. The van der Waals surface area contributed by atoms with Crippen LogP contribution in [0.4, 0.5) is 0 Å². The van der Waals surface area contributed by atoms with Crippen molar-refractivity contribution in [1.29, 1.82) is 0 Å². The van der Waals surface area contributed by atoms with Crippen LogP contribution in [0.25, 0.3) is 0 Å². The monoisotopic (exact) mass is 296 g/mol. The standard InChI is InChI=1S/C16H28N2O3/c1-2-13(18-10-6-9-15(18)20)16(21)17-11-14(19)12-7-4-3-5-8-12/h12-14,19H,2-11H2,1H3,(H,17,21)/t13-,14-/m0/s1. The summed E-state index contributed by atoms with van der Waals surface area (Å²) in [4.78, 5) is 25.7. The topological polar surface area (TPSA) is 69.6 Å². The molecule has 21 heavy (non-hydrogen) atoms. The lowest BCUT2D eigenvalue weighted by molar-refractivity contribution is -0.137. The molecular weight excluding hydrogens is 268 g/mol. The minimum Gasteiger partial charge on any atom is -0.391 e. The molecule has 2 rings (SSSR count). The fraction of sp³-hybridized carbons (Fsp3) is 0.875. The lowest BCUT2D eigenvalue weighted by Gasteiger charge is -2.29. The Hall–Kier alpha value is -1.10. The van der Waals surface area contributed by atoms with Gasteiger partial charge in [0.1, 0.15) is 6.04 Å². The van der Waals surface area contributed by atoms with Crippen LogP contribution in [0.1, 0.15) is 58.3 Å². The lowest BCUT2D eigenvalue weighted by Crippen LogP contribution is -2.49. The molecule has 1 aliphatic heterocycles. The Balaban J connectivity index is 1.80. The second-order valence-corrected chi connectivity index (χ2v) is 6.33. The highest BCUT2D eigenvalue weighted by atomic mass is 16.3. The first kappa shape index (κ1) is 16.3. The molecule has 5 nitrogen and oxygen atoms in total. The van der Waals surface area contributed by atoms with Crippen molar-refractivity contribution in [3.63, 3.8) is 0 Å². The molecule has 5 heteroatoms. The van der Waals surface area contributed by atoms with Gasteiger partial charge >= 0.3 is 0 Å². The number of amides is 2. The Morgan fingerprint density at radius 1 is 1.33 bits per heavy atom. The molecule has 0 aromatic carbocycles. The van der Waals surface area contributed by atoms with Gasteiger partial charge in [-0.05, 0) is 31.6 Å². The smallest absolute Gasteiger partial charge is 0.242 e. The van der Waals surface area contributed by atoms with Gasteiger partial charge < -0.3 is 15.3 Å². The minimum atomic E-state index is -0.457. The van der Waals surface area contributed by atoms with E-state index in [9.17, 15) is 14.7 Å². The number of nitrogens with zero attached hydrogens (tertiary/aromatic N) is 1. The predicted molar refractivity (Wildman–Crippen MR) is 80.6 cm³/mol. The first-order chi connectivity index (χ1) is 10.1. The van der Waals surface area contributed by atoms with Crippen LogP contribution in [0.2, 0.25) is 0 Å². The summed E-state index contributed by atoms with van der Waals surface area (Å²) in [6, 6.07) is -0.376. The molecule has 0 unspecified atom stereocenters. The summed E-state index contributed by atoms with van der Waals surface area (Å²) in [5.74, 6) is 0.264. The van der Waals surface area contributed by atoms with E-state index >= 15 is 0 Å². The minimum absolute atomic E-state index is 0.0739. The van der Waals surface area contributed by atoms with Gasteiger partial charge in [0.25, 0.3) is 0 Å². The van der Waals surface area contributed by atoms with Crippen molar-refractivity contribution in [2.24, 2.45) is 5.92 Å². The highest BCUT2D eigenvalue weighted by molar-refractivity contribution is 5.88. The molecule has 1 saturated heterocycles. The molecule has 0 spiro atoms. The molecule has 0 aromatic heterocycles. The molecule has 0 bridgehead atoms. The molecule has 2 amide bonds. The zero-order chi connectivity index (χ0) is 15.2. The fourth-order valence-corrected chi connectivity index (χ4v) is 3.55. The van der Waals surface area contributed by atoms with Crippen molar-refractivity contribution >= 4 is 11.8 Å². The van der Waals surface area contributed by atoms with Gasteiger partial charge in [-0.3, -0.25) is 9.59 Å². The van der Waals surface area contributed by atoms with Crippen LogP contribution in [0.15, 0.2) is 0 Å². The normalized spacial score (nSPS) is 23.1. The molecule has 0 aromatic rings. The first-order valence-corrected chi connectivity index (χ1v) is 8.38. The molecule has 2 N–H and O–H groups in total. The Labute approximate surface area is 127 Å². The molecule has 2 atom stereocenters. The summed E-state index contributed by atoms with van der Waals surface area (Å²) in [5.41, 5.74) is 0. The van der Waals surface area contributed by atoms with Crippen LogP contribution < -0.4 is 5.32 Å². The van der Waals surface area contributed by atoms with Crippen molar-refractivity contribution in [3.05, 3.63) is 0 Å². The molecule has 1 aliphatic carbocycles. The number of nitrogens with one attached hydrogen (secondary N) is 1. The molecule has 0 radical (unpaired) electrons. The van der Waals surface area contributed by atoms with E-state index in [2.05, 4.69) is 5.32 Å². The van der Waals surface area contributed by atoms with E-state index < -0.39 is 6.10 Å². The number of likely N-dealkylation sites (tertiary alicyclic amines) is 1. The average molecular weight is 296 g/mol. The third-order valence-electron chi connectivity index (χ3n) is 4.85. The maximum absolute atomic E-state index is 12.3. The van der Waals surface area contributed by atoms with Gasteiger partial charge in [-0.25, -0.2) is 0 Å². The fourth-order valence-electron chi connectivity index (χ4n) is 3.55. The lowest BCUT2D eigenvalue weighted by atomic mass is 9.85. The summed E-state index contributed by atoms with van der Waals surface area (Å²) in [5, 5.41) is 13.0. The Morgan fingerprint density at radius 3 is 2.62 bits per heavy atom. The van der Waals surface area contributed by atoms with Crippen molar-refractivity contribution in [1.82, 2.24) is 10.2 Å². The van der Waals surface area contributed by atoms with Gasteiger partial charge in [0.15, 0.2) is 0 Å². The number of carbonyl (C=O) groups excluding carboxylic acids is 2. The Morgan fingerprint density at radius 2 is 2.05 bits per heavy atom. The van der Waals surface area contributed by atoms with Crippen molar-refractivity contribution < 1.29 is 14.7 Å². The zero-order valence-corrected chi connectivity index (χ0v) is 13.0. The predicted octanol–water partition coefficient (Wildman–Crippen LogP) is 1.44. The number of aliphatic hydroxyl groups is 1. The van der Waals surface area contributed by atoms with Crippen molar-refractivity contribution in [2.75, 3.05) is 13.1 Å². The SMILES string of the molecule is CC[C@@H](C(=O)NC[C@H](O)C1CCCCC1)N1CCCC1=O. The highest BCUT2D eigenvalue weighted by Gasteiger charge is 2.32. The van der Waals surface area contributed by atoms with Gasteiger partial charge in [0, 0.05) is 19.5 Å². The number of hydrogen-bond acceptors (Lipinski definition) is 3. The molecular formula is C16H28N2O3. The van der Waals surface area contributed by atoms with E-state index in [0.29, 0.717) is 31.8 Å². The van der Waals surface area contributed by atoms with E-state index in [1.54, 1.807) is 4.90 Å². The Bertz CT molecular complexity index is 367. The van der Waals surface area contributed by atoms with Gasteiger partial charge in [-0.2, -0.15) is 0 Å². The zero-order valence-electron chi connectivity index (χ0n) is 13.0. The van der Waals surface area contributed by atoms with Crippen LogP contribution in [0.3, 0.4) is 0 Å². The molecule has 2 fully saturated rings. The number of aliphatic hydroxyl groups excluding tert-OH is 1. The van der Waals surface area contributed by atoms with Gasteiger partial charge in [-0.15, -0.1) is 0 Å². The van der Waals surface area contributed by atoms with E-state index in [1.807, 2.05) is 6.92 Å². The molecule has 2 aliphatic rings. The van der Waals surface area contributed by atoms with Crippen molar-refractivity contribution in [2.45, 2.75) is 70.4 Å². The largest absolute Gasteiger partial charge is 0.391 e.